The van der Waals surface area contributed by atoms with Gasteiger partial charge in [-0.15, -0.1) is 0 Å². The zero-order valence-electron chi connectivity index (χ0n) is 15.8. The van der Waals surface area contributed by atoms with Gasteiger partial charge in [-0.25, -0.2) is 8.42 Å². The van der Waals surface area contributed by atoms with E-state index in [9.17, 15) is 13.2 Å². The number of nitrogens with one attached hydrogen (secondary N) is 2. The second-order valence-electron chi connectivity index (χ2n) is 6.25. The fourth-order valence-electron chi connectivity index (χ4n) is 2.69. The van der Waals surface area contributed by atoms with Crippen LogP contribution >= 0.6 is 11.6 Å². The van der Waals surface area contributed by atoms with Crippen molar-refractivity contribution in [3.05, 3.63) is 82.9 Å². The summed E-state index contributed by atoms with van der Waals surface area (Å²) in [5, 5.41) is 3.13. The normalized spacial score (nSPS) is 11.0. The zero-order valence-corrected chi connectivity index (χ0v) is 17.3. The maximum Gasteiger partial charge on any atom is 0.262 e. The summed E-state index contributed by atoms with van der Waals surface area (Å²) >= 11 is 5.90. The van der Waals surface area contributed by atoms with E-state index in [1.54, 1.807) is 55.5 Å². The monoisotopic (exact) mass is 430 g/mol. The Hall–Kier alpha value is -3.03. The van der Waals surface area contributed by atoms with E-state index in [1.807, 2.05) is 6.07 Å². The quantitative estimate of drug-likeness (QED) is 0.593. The van der Waals surface area contributed by atoms with E-state index in [-0.39, 0.29) is 22.2 Å². The standard InChI is InChI=1S/C21H19ClN2O4S/c1-14-11-19(24-29(26,27)17-10-6-9-16(22)12-17)20(28-2)13-18(14)23-21(25)15-7-4-3-5-8-15/h3-13,24H,1-2H3,(H,23,25). The molecule has 0 heterocycles. The number of sulfonamides is 1. The number of carbonyl (C=O) groups is 1. The lowest BCUT2D eigenvalue weighted by molar-refractivity contribution is 0.102. The zero-order chi connectivity index (χ0) is 21.0. The van der Waals surface area contributed by atoms with E-state index in [0.29, 0.717) is 21.8 Å². The van der Waals surface area contributed by atoms with Crippen LogP contribution in [0.15, 0.2) is 71.6 Å². The molecule has 3 aromatic rings. The third-order valence-corrected chi connectivity index (χ3v) is 5.78. The number of carbonyl (C=O) groups excluding carboxylic acids is 1. The van der Waals surface area contributed by atoms with Gasteiger partial charge in [0.05, 0.1) is 17.7 Å². The number of halogens is 1. The van der Waals surface area contributed by atoms with Crippen LogP contribution in [-0.4, -0.2) is 21.4 Å². The first-order chi connectivity index (χ1) is 13.8. The number of hydrogen-bond donors (Lipinski definition) is 2. The van der Waals surface area contributed by atoms with Gasteiger partial charge in [-0.2, -0.15) is 0 Å². The van der Waals surface area contributed by atoms with Crippen LogP contribution < -0.4 is 14.8 Å². The van der Waals surface area contributed by atoms with Crippen molar-refractivity contribution in [3.8, 4) is 5.75 Å². The molecule has 150 valence electrons. The third-order valence-electron chi connectivity index (χ3n) is 4.18. The Balaban J connectivity index is 1.89. The number of hydrogen-bond acceptors (Lipinski definition) is 4. The Morgan fingerprint density at radius 2 is 1.69 bits per heavy atom. The minimum absolute atomic E-state index is 0.0335. The minimum atomic E-state index is -3.87. The van der Waals surface area contributed by atoms with Crippen molar-refractivity contribution in [1.82, 2.24) is 0 Å². The molecule has 29 heavy (non-hydrogen) atoms. The molecule has 2 N–H and O–H groups in total. The van der Waals surface area contributed by atoms with Gasteiger partial charge in [0.15, 0.2) is 0 Å². The molecule has 0 aliphatic rings. The van der Waals surface area contributed by atoms with Gasteiger partial charge < -0.3 is 10.1 Å². The van der Waals surface area contributed by atoms with E-state index >= 15 is 0 Å². The largest absolute Gasteiger partial charge is 0.494 e. The van der Waals surface area contributed by atoms with E-state index in [1.165, 1.54) is 19.2 Å². The highest BCUT2D eigenvalue weighted by molar-refractivity contribution is 7.92. The molecule has 0 saturated heterocycles. The fourth-order valence-corrected chi connectivity index (χ4v) is 4.05. The van der Waals surface area contributed by atoms with E-state index in [0.717, 1.165) is 0 Å². The SMILES string of the molecule is COc1cc(NC(=O)c2ccccc2)c(C)cc1NS(=O)(=O)c1cccc(Cl)c1. The summed E-state index contributed by atoms with van der Waals surface area (Å²) in [5.41, 5.74) is 1.94. The van der Waals surface area contributed by atoms with Crippen LogP contribution in [0.5, 0.6) is 5.75 Å². The molecule has 0 fully saturated rings. The Morgan fingerprint density at radius 3 is 2.34 bits per heavy atom. The Labute approximate surface area is 174 Å². The summed E-state index contributed by atoms with van der Waals surface area (Å²) in [5.74, 6) is -0.00687. The van der Waals surface area contributed by atoms with Crippen LogP contribution in [0.2, 0.25) is 5.02 Å². The lowest BCUT2D eigenvalue weighted by Gasteiger charge is -2.16. The molecule has 8 heteroatoms. The van der Waals surface area contributed by atoms with Gasteiger partial charge in [-0.05, 0) is 48.9 Å². The predicted molar refractivity (Wildman–Crippen MR) is 114 cm³/mol. The lowest BCUT2D eigenvalue weighted by Crippen LogP contribution is -2.15. The van der Waals surface area contributed by atoms with Crippen molar-refractivity contribution in [3.63, 3.8) is 0 Å². The molecular weight excluding hydrogens is 412 g/mol. The number of rotatable bonds is 6. The molecule has 3 aromatic carbocycles. The highest BCUT2D eigenvalue weighted by Crippen LogP contribution is 2.33. The third kappa shape index (κ3) is 4.88. The van der Waals surface area contributed by atoms with Crippen molar-refractivity contribution in [1.29, 1.82) is 0 Å². The fraction of sp³-hybridized carbons (Fsp3) is 0.0952. The van der Waals surface area contributed by atoms with Crippen LogP contribution in [0.25, 0.3) is 0 Å². The van der Waals surface area contributed by atoms with Gasteiger partial charge in [0.25, 0.3) is 15.9 Å². The average molecular weight is 431 g/mol. The van der Waals surface area contributed by atoms with Crippen molar-refractivity contribution >= 4 is 38.9 Å². The summed E-state index contributed by atoms with van der Waals surface area (Å²) < 4.78 is 33.2. The number of aryl methyl sites for hydroxylation is 1. The Morgan fingerprint density at radius 1 is 0.966 bits per heavy atom. The highest BCUT2D eigenvalue weighted by atomic mass is 35.5. The maximum atomic E-state index is 12.7. The van der Waals surface area contributed by atoms with Crippen LogP contribution in [-0.2, 0) is 10.0 Å². The van der Waals surface area contributed by atoms with Crippen LogP contribution in [0.3, 0.4) is 0 Å². The molecule has 0 unspecified atom stereocenters. The Kier molecular flexibility index (Phi) is 6.10. The summed E-state index contributed by atoms with van der Waals surface area (Å²) in [7, 11) is -2.44. The lowest BCUT2D eigenvalue weighted by atomic mass is 10.1. The van der Waals surface area contributed by atoms with E-state index < -0.39 is 10.0 Å². The van der Waals surface area contributed by atoms with Crippen molar-refractivity contribution in [2.75, 3.05) is 17.1 Å². The number of methoxy groups -OCH3 is 1. The molecule has 0 aliphatic carbocycles. The summed E-state index contributed by atoms with van der Waals surface area (Å²) in [4.78, 5) is 12.5. The summed E-state index contributed by atoms with van der Waals surface area (Å²) in [6.07, 6.45) is 0. The molecule has 0 spiro atoms. The molecule has 0 aliphatic heterocycles. The number of ether oxygens (including phenoxy) is 1. The molecule has 3 rings (SSSR count). The van der Waals surface area contributed by atoms with Crippen LogP contribution in [0, 0.1) is 6.92 Å². The topological polar surface area (TPSA) is 84.5 Å². The molecule has 6 nitrogen and oxygen atoms in total. The van der Waals surface area contributed by atoms with Crippen molar-refractivity contribution in [2.45, 2.75) is 11.8 Å². The van der Waals surface area contributed by atoms with Crippen LogP contribution in [0.1, 0.15) is 15.9 Å². The minimum Gasteiger partial charge on any atom is -0.494 e. The second-order valence-corrected chi connectivity index (χ2v) is 8.37. The molecule has 1 amide bonds. The first kappa shape index (κ1) is 20.7. The van der Waals surface area contributed by atoms with Crippen LogP contribution in [0.4, 0.5) is 11.4 Å². The van der Waals surface area contributed by atoms with Crippen molar-refractivity contribution < 1.29 is 17.9 Å². The van der Waals surface area contributed by atoms with Gasteiger partial charge >= 0.3 is 0 Å². The number of amides is 1. The van der Waals surface area contributed by atoms with Gasteiger partial charge in [0.2, 0.25) is 0 Å². The smallest absolute Gasteiger partial charge is 0.262 e. The van der Waals surface area contributed by atoms with E-state index in [2.05, 4.69) is 10.0 Å². The predicted octanol–water partition coefficient (Wildman–Crippen LogP) is 4.71. The second kappa shape index (κ2) is 8.55. The molecule has 0 bridgehead atoms. The maximum absolute atomic E-state index is 12.7. The van der Waals surface area contributed by atoms with Gasteiger partial charge in [0.1, 0.15) is 5.75 Å². The summed E-state index contributed by atoms with van der Waals surface area (Å²) in [6, 6.07) is 17.9. The Bertz CT molecular complexity index is 1150. The number of anilines is 2. The average Bonchev–Trinajstić information content (AvgIpc) is 2.70. The summed E-state index contributed by atoms with van der Waals surface area (Å²) in [6.45, 7) is 1.76. The first-order valence-corrected chi connectivity index (χ1v) is 10.5. The van der Waals surface area contributed by atoms with Crippen molar-refractivity contribution in [2.24, 2.45) is 0 Å². The van der Waals surface area contributed by atoms with Gasteiger partial charge in [-0.3, -0.25) is 9.52 Å². The van der Waals surface area contributed by atoms with Gasteiger partial charge in [-0.1, -0.05) is 35.9 Å². The number of benzene rings is 3. The molecule has 0 radical (unpaired) electrons. The molecule has 0 saturated carbocycles. The molecule has 0 atom stereocenters. The van der Waals surface area contributed by atoms with Gasteiger partial charge in [0, 0.05) is 22.3 Å². The first-order valence-electron chi connectivity index (χ1n) is 8.63. The highest BCUT2D eigenvalue weighted by Gasteiger charge is 2.19. The molecular formula is C21H19ClN2O4S. The molecule has 0 aromatic heterocycles. The van der Waals surface area contributed by atoms with E-state index in [4.69, 9.17) is 16.3 Å².